The van der Waals surface area contributed by atoms with Crippen molar-refractivity contribution in [1.82, 2.24) is 30.7 Å². The van der Waals surface area contributed by atoms with Crippen LogP contribution in [0.1, 0.15) is 122 Å². The number of benzene rings is 3. The number of nitrogens with one attached hydrogen (secondary N) is 3. The number of hydrogen-bond acceptors (Lipinski definition) is 17. The molecule has 0 radical (unpaired) electrons. The molecule has 3 aromatic carbocycles. The quantitative estimate of drug-likeness (QED) is 0.0228. The van der Waals surface area contributed by atoms with E-state index in [1.165, 1.54) is 47.9 Å². The van der Waals surface area contributed by atoms with Gasteiger partial charge in [0.15, 0.2) is 35.0 Å². The second-order valence-corrected chi connectivity index (χ2v) is 24.3. The lowest BCUT2D eigenvalue weighted by Crippen LogP contribution is -2.58. The van der Waals surface area contributed by atoms with E-state index < -0.39 is 53.6 Å². The highest BCUT2D eigenvalue weighted by Crippen LogP contribution is 2.44. The Morgan fingerprint density at radius 1 is 0.764 bits per heavy atom. The molecule has 0 aromatic heterocycles. The van der Waals surface area contributed by atoms with E-state index in [2.05, 4.69) is 34.1 Å². The molecule has 9 rings (SSSR count). The van der Waals surface area contributed by atoms with E-state index in [0.717, 1.165) is 10.5 Å². The summed E-state index contributed by atoms with van der Waals surface area (Å²) in [5.41, 5.74) is 7.76. The predicted molar refractivity (Wildman–Crippen MR) is 331 cm³/mol. The molecule has 24 nitrogen and oxygen atoms in total. The van der Waals surface area contributed by atoms with Gasteiger partial charge >= 0.3 is 12.1 Å². The van der Waals surface area contributed by atoms with Gasteiger partial charge < -0.3 is 60.3 Å². The first kappa shape index (κ1) is 65.0. The smallest absolute Gasteiger partial charge is 0.416 e. The third-order valence-electron chi connectivity index (χ3n) is 17.2. The van der Waals surface area contributed by atoms with Crippen LogP contribution in [0.3, 0.4) is 0 Å². The van der Waals surface area contributed by atoms with Gasteiger partial charge in [-0.3, -0.25) is 43.5 Å². The van der Waals surface area contributed by atoms with E-state index in [4.69, 9.17) is 29.4 Å². The molecule has 6 aliphatic rings. The molecule has 5 aliphatic heterocycles. The summed E-state index contributed by atoms with van der Waals surface area (Å²) in [6.45, 7) is 9.79. The number of ketones is 1. The highest BCUT2D eigenvalue weighted by Gasteiger charge is 2.52. The van der Waals surface area contributed by atoms with Crippen molar-refractivity contribution >= 4 is 82.7 Å². The Balaban J connectivity index is 0.791. The summed E-state index contributed by atoms with van der Waals surface area (Å²) in [4.78, 5) is 130. The molecule has 25 heteroatoms. The minimum absolute atomic E-state index is 0.0529. The average molecular weight is 1250 g/mol. The molecule has 3 aromatic rings. The third-order valence-corrected chi connectivity index (χ3v) is 18.2. The summed E-state index contributed by atoms with van der Waals surface area (Å²) < 4.78 is 29.5. The fraction of sp³-hybridized carbons (Fsp3) is 0.500. The largest absolute Gasteiger partial charge is 0.493 e. The Morgan fingerprint density at radius 3 is 2.07 bits per heavy atom. The van der Waals surface area contributed by atoms with Crippen LogP contribution >= 0.6 is 11.8 Å². The Morgan fingerprint density at radius 2 is 1.40 bits per heavy atom. The number of aliphatic hydroxyl groups excluding tert-OH is 1. The number of thioether (sulfide) groups is 1. The van der Waals surface area contributed by atoms with E-state index in [0.29, 0.717) is 130 Å². The Bertz CT molecular complexity index is 3280. The molecule has 0 bridgehead atoms. The number of nitrogens with two attached hydrogens (primary N) is 1. The van der Waals surface area contributed by atoms with Crippen LogP contribution in [0.15, 0.2) is 77.8 Å². The summed E-state index contributed by atoms with van der Waals surface area (Å²) >= 11 is 1.36. The number of likely N-dealkylation sites (tertiary alicyclic amines) is 1. The summed E-state index contributed by atoms with van der Waals surface area (Å²) in [6.07, 6.45) is 7.46. The fourth-order valence-corrected chi connectivity index (χ4v) is 12.7. The first-order chi connectivity index (χ1) is 42.8. The number of methoxy groups -OCH3 is 2. The predicted octanol–water partition coefficient (Wildman–Crippen LogP) is 6.06. The number of carbonyl (C=O) groups excluding carboxylic acids is 9. The minimum atomic E-state index is -1.55. The van der Waals surface area contributed by atoms with Crippen molar-refractivity contribution in [3.8, 4) is 23.0 Å². The van der Waals surface area contributed by atoms with E-state index in [-0.39, 0.29) is 116 Å². The molecular formula is C64H79N9O15S. The number of unbranched alkanes of at least 4 members (excludes halogenated alkanes) is 4. The number of aliphatic imine (C=N–C) groups is 1. The Hall–Kier alpha value is -8.45. The van der Waals surface area contributed by atoms with E-state index in [1.807, 2.05) is 0 Å². The van der Waals surface area contributed by atoms with Crippen LogP contribution in [0, 0.1) is 5.41 Å². The van der Waals surface area contributed by atoms with E-state index >= 15 is 0 Å². The Kier molecular flexibility index (Phi) is 21.4. The van der Waals surface area contributed by atoms with Gasteiger partial charge in [-0.15, -0.1) is 0 Å². The monoisotopic (exact) mass is 1250 g/mol. The zero-order chi connectivity index (χ0) is 63.5. The van der Waals surface area contributed by atoms with Gasteiger partial charge in [0.25, 0.3) is 11.8 Å². The second-order valence-electron chi connectivity index (χ2n) is 23.3. The standard InChI is InChI=1S/C64H79N9O15S/c1-38-26-42-34-68-46-31-52(50(84-3)29-43(46)56(76)71(42)35-38)86-24-10-7-11-25-87-53-32-47-44(30-51(53)85-4)57(77)72-36-39(2)27-48(72)58(78)73(47)63(83)88-37-41-17-15-40(16-18-41)28-49(74)45(14-12-22-67-62(65)82)69-61(81)64(19-13-20-64)60(80)66-21-8-6-9-23-70-55(75)33-54(89-5)59(70)79/h15-18,29-32,34,42,45,48,54,58,78H,1-2,6-14,19-28,33,35-37H2,3-5H3,(H,66,80)(H,69,81)(H3,65,67,82)/t42-,45-,48-,54?,58-/m0/s1. The zero-order valence-electron chi connectivity index (χ0n) is 50.6. The number of rotatable bonds is 29. The maximum atomic E-state index is 14.3. The van der Waals surface area contributed by atoms with Crippen molar-refractivity contribution in [2.75, 3.05) is 71.3 Å². The van der Waals surface area contributed by atoms with Gasteiger partial charge in [-0.25, -0.2) is 14.5 Å². The fourth-order valence-electron chi connectivity index (χ4n) is 12.1. The van der Waals surface area contributed by atoms with Gasteiger partial charge in [-0.1, -0.05) is 55.0 Å². The number of Topliss-reactive ketones (excluding diaryl/α,β-unsaturated/α-hetero) is 1. The first-order valence-electron chi connectivity index (χ1n) is 30.3. The lowest BCUT2D eigenvalue weighted by atomic mass is 9.67. The van der Waals surface area contributed by atoms with Crippen molar-refractivity contribution < 1.29 is 71.9 Å². The number of carbonyl (C=O) groups is 9. The number of urea groups is 1. The maximum absolute atomic E-state index is 14.3. The van der Waals surface area contributed by atoms with Crippen molar-refractivity contribution in [1.29, 1.82) is 0 Å². The van der Waals surface area contributed by atoms with Gasteiger partial charge in [-0.2, -0.15) is 11.8 Å². The van der Waals surface area contributed by atoms with Crippen molar-refractivity contribution in [3.63, 3.8) is 0 Å². The maximum Gasteiger partial charge on any atom is 0.416 e. The number of aliphatic hydroxyl groups is 1. The van der Waals surface area contributed by atoms with Crippen LogP contribution in [0.5, 0.6) is 23.0 Å². The van der Waals surface area contributed by atoms with Gasteiger partial charge in [0.2, 0.25) is 23.6 Å². The lowest BCUT2D eigenvalue weighted by Gasteiger charge is -2.39. The molecule has 5 heterocycles. The van der Waals surface area contributed by atoms with Gasteiger partial charge in [-0.05, 0) is 107 Å². The molecule has 1 saturated carbocycles. The number of fused-ring (bicyclic) bond motifs is 4. The molecule has 4 fully saturated rings. The number of hydrogen-bond donors (Lipinski definition) is 5. The number of primary amides is 1. The third kappa shape index (κ3) is 14.8. The molecule has 476 valence electrons. The molecule has 89 heavy (non-hydrogen) atoms. The average Bonchev–Trinajstić information content (AvgIpc) is 1.75. The molecule has 1 aliphatic carbocycles. The molecule has 0 spiro atoms. The molecule has 6 N–H and O–H groups in total. The van der Waals surface area contributed by atoms with Crippen molar-refractivity contribution in [2.45, 2.75) is 133 Å². The number of imide groups is 1. The minimum Gasteiger partial charge on any atom is -0.493 e. The molecule has 1 unspecified atom stereocenters. The molecule has 3 saturated heterocycles. The van der Waals surface area contributed by atoms with Crippen molar-refractivity contribution in [3.05, 3.63) is 95.1 Å². The number of amides is 9. The van der Waals surface area contributed by atoms with Gasteiger partial charge in [0, 0.05) is 63.9 Å². The summed E-state index contributed by atoms with van der Waals surface area (Å²) in [5.74, 6) is -0.939. The van der Waals surface area contributed by atoms with Gasteiger partial charge in [0.1, 0.15) is 12.0 Å². The number of anilines is 1. The van der Waals surface area contributed by atoms with E-state index in [1.54, 1.807) is 53.8 Å². The zero-order valence-corrected chi connectivity index (χ0v) is 51.5. The first-order valence-corrected chi connectivity index (χ1v) is 31.6. The second kappa shape index (κ2) is 29.2. The Labute approximate surface area is 521 Å². The topological polar surface area (TPSA) is 307 Å². The van der Waals surface area contributed by atoms with Crippen LogP contribution in [0.4, 0.5) is 21.0 Å². The summed E-state index contributed by atoms with van der Waals surface area (Å²) in [7, 11) is 2.95. The SMILES string of the molecule is C=C1C[C@H]2C=Nc3cc(OCCCCCOc4cc5c(cc4OC)C(=O)N4CC(=C)C[C@H]4[C@H](O)N5C(=O)OCc4ccc(CC(=O)[C@H](CCCNC(N)=O)NC(=O)C5(C(=O)NCCCCCN6C(=O)CC(SC)C6=O)CCC5)cc4)c(OC)cc3C(=O)N2C1. The van der Waals surface area contributed by atoms with E-state index in [9.17, 15) is 48.3 Å². The molecule has 5 atom stereocenters. The molecule has 9 amide bonds. The normalized spacial score (nSPS) is 20.1. The van der Waals surface area contributed by atoms with Crippen LogP contribution < -0.4 is 45.5 Å². The lowest BCUT2D eigenvalue weighted by molar-refractivity contribution is -0.151. The van der Waals surface area contributed by atoms with Crippen LogP contribution in [0.2, 0.25) is 0 Å². The van der Waals surface area contributed by atoms with Crippen LogP contribution in [-0.4, -0.2) is 175 Å². The van der Waals surface area contributed by atoms with Crippen molar-refractivity contribution in [2.24, 2.45) is 16.1 Å². The molecular weight excluding hydrogens is 1170 g/mol. The van der Waals surface area contributed by atoms with Crippen LogP contribution in [0.25, 0.3) is 0 Å². The highest BCUT2D eigenvalue weighted by atomic mass is 32.2. The highest BCUT2D eigenvalue weighted by molar-refractivity contribution is 8.00. The summed E-state index contributed by atoms with van der Waals surface area (Å²) in [6, 6.07) is 10.3. The van der Waals surface area contributed by atoms with Crippen LogP contribution in [-0.2, 0) is 41.7 Å². The number of nitrogens with zero attached hydrogens (tertiary/aromatic N) is 5. The van der Waals surface area contributed by atoms with Gasteiger partial charge in [0.05, 0.1) is 73.3 Å². The summed E-state index contributed by atoms with van der Waals surface area (Å²) in [5, 5.41) is 19.9. The number of ether oxygens (including phenoxy) is 5.